The second kappa shape index (κ2) is 7.16. The van der Waals surface area contributed by atoms with Crippen LogP contribution < -0.4 is 10.1 Å². The van der Waals surface area contributed by atoms with Crippen LogP contribution in [0.15, 0.2) is 41.6 Å². The van der Waals surface area contributed by atoms with Crippen LogP contribution in [0.2, 0.25) is 0 Å². The van der Waals surface area contributed by atoms with E-state index >= 15 is 0 Å². The number of β-lactam (4-membered cyclic amide) rings is 1. The molecule has 0 aliphatic carbocycles. The predicted octanol–water partition coefficient (Wildman–Crippen LogP) is -0.204. The summed E-state index contributed by atoms with van der Waals surface area (Å²) in [6, 6.07) is 7.99. The van der Waals surface area contributed by atoms with Crippen LogP contribution in [0.25, 0.3) is 0 Å². The molecule has 0 aromatic heterocycles. The highest BCUT2D eigenvalue weighted by atomic mass is 32.2. The molecule has 3 N–H and O–H groups in total. The van der Waals surface area contributed by atoms with Crippen molar-refractivity contribution in [1.29, 1.82) is 0 Å². The first-order chi connectivity index (χ1) is 12.0. The van der Waals surface area contributed by atoms with E-state index in [9.17, 15) is 24.6 Å². The zero-order chi connectivity index (χ0) is 18.0. The average molecular weight is 364 g/mol. The Labute approximate surface area is 147 Å². The molecule has 2 atom stereocenters. The van der Waals surface area contributed by atoms with Crippen LogP contribution in [0.4, 0.5) is 0 Å². The van der Waals surface area contributed by atoms with E-state index in [0.717, 1.165) is 4.90 Å². The van der Waals surface area contributed by atoms with Gasteiger partial charge in [-0.05, 0) is 17.7 Å². The van der Waals surface area contributed by atoms with Crippen LogP contribution in [0.5, 0.6) is 5.75 Å². The Balaban J connectivity index is 1.61. The van der Waals surface area contributed by atoms with E-state index in [2.05, 4.69) is 5.32 Å². The molecule has 9 heteroatoms. The Morgan fingerprint density at radius 1 is 1.32 bits per heavy atom. The van der Waals surface area contributed by atoms with Crippen LogP contribution in [-0.2, 0) is 14.4 Å². The standard InChI is InChI=1S/C16H16N2O6S/c19-6-9-8-25-15-12(14(21)18(15)13(9)16(22)23)17-11(20)7-24-10-4-2-1-3-5-10/h1-5,12,15,19H,6-8H2,(H,17,20)(H,22,23)/t12-,15+/m0/s1. The second-order valence-electron chi connectivity index (χ2n) is 5.47. The Morgan fingerprint density at radius 2 is 2.04 bits per heavy atom. The highest BCUT2D eigenvalue weighted by molar-refractivity contribution is 8.00. The monoisotopic (exact) mass is 364 g/mol. The van der Waals surface area contributed by atoms with E-state index in [4.69, 9.17) is 4.74 Å². The Morgan fingerprint density at radius 3 is 2.68 bits per heavy atom. The van der Waals surface area contributed by atoms with Crippen LogP contribution in [-0.4, -0.2) is 63.3 Å². The number of carbonyl (C=O) groups excluding carboxylic acids is 2. The molecule has 2 amide bonds. The topological polar surface area (TPSA) is 116 Å². The number of rotatable bonds is 6. The minimum Gasteiger partial charge on any atom is -0.484 e. The van der Waals surface area contributed by atoms with Gasteiger partial charge in [0.2, 0.25) is 0 Å². The number of thioether (sulfide) groups is 1. The number of nitrogens with zero attached hydrogens (tertiary/aromatic N) is 1. The Bertz CT molecular complexity index is 735. The zero-order valence-electron chi connectivity index (χ0n) is 13.0. The predicted molar refractivity (Wildman–Crippen MR) is 88.7 cm³/mol. The fraction of sp³-hybridized carbons (Fsp3) is 0.312. The maximum atomic E-state index is 12.3. The molecule has 8 nitrogen and oxygen atoms in total. The second-order valence-corrected chi connectivity index (χ2v) is 6.58. The number of carbonyl (C=O) groups is 3. The van der Waals surface area contributed by atoms with Crippen molar-refractivity contribution in [3.05, 3.63) is 41.6 Å². The lowest BCUT2D eigenvalue weighted by Crippen LogP contribution is -2.71. The van der Waals surface area contributed by atoms with Gasteiger partial charge >= 0.3 is 5.97 Å². The zero-order valence-corrected chi connectivity index (χ0v) is 13.9. The highest BCUT2D eigenvalue weighted by Gasteiger charge is 2.54. The van der Waals surface area contributed by atoms with Crippen molar-refractivity contribution < 1.29 is 29.3 Å². The first-order valence-corrected chi connectivity index (χ1v) is 8.56. The summed E-state index contributed by atoms with van der Waals surface area (Å²) in [7, 11) is 0. The number of fused-ring (bicyclic) bond motifs is 1. The summed E-state index contributed by atoms with van der Waals surface area (Å²) in [5, 5.41) is 20.6. The summed E-state index contributed by atoms with van der Waals surface area (Å²) < 4.78 is 5.32. The minimum atomic E-state index is -1.26. The summed E-state index contributed by atoms with van der Waals surface area (Å²) in [5.74, 6) is -1.40. The van der Waals surface area contributed by atoms with E-state index in [-0.39, 0.29) is 12.3 Å². The third-order valence-electron chi connectivity index (χ3n) is 3.87. The fourth-order valence-electron chi connectivity index (χ4n) is 2.69. The first kappa shape index (κ1) is 17.3. The Kier molecular flexibility index (Phi) is 4.95. The third-order valence-corrected chi connectivity index (χ3v) is 5.21. The average Bonchev–Trinajstić information content (AvgIpc) is 2.63. The summed E-state index contributed by atoms with van der Waals surface area (Å²) in [5.41, 5.74) is 0.0987. The largest absolute Gasteiger partial charge is 0.484 e. The molecule has 1 saturated heterocycles. The molecule has 0 spiro atoms. The normalized spacial score (nSPS) is 22.1. The Hall–Kier alpha value is -2.52. The molecule has 0 radical (unpaired) electrons. The van der Waals surface area contributed by atoms with Gasteiger partial charge in [0, 0.05) is 5.75 Å². The maximum Gasteiger partial charge on any atom is 0.352 e. The van der Waals surface area contributed by atoms with Gasteiger partial charge in [0.05, 0.1) is 6.61 Å². The van der Waals surface area contributed by atoms with Gasteiger partial charge in [-0.1, -0.05) is 18.2 Å². The van der Waals surface area contributed by atoms with Gasteiger partial charge in [0.25, 0.3) is 11.8 Å². The van der Waals surface area contributed by atoms with Gasteiger partial charge in [-0.25, -0.2) is 4.79 Å². The number of nitrogens with one attached hydrogen (secondary N) is 1. The quantitative estimate of drug-likeness (QED) is 0.599. The molecule has 1 aromatic rings. The first-order valence-electron chi connectivity index (χ1n) is 7.51. The summed E-state index contributed by atoms with van der Waals surface area (Å²) in [6.07, 6.45) is 0. The molecule has 0 saturated carbocycles. The van der Waals surface area contributed by atoms with Crippen molar-refractivity contribution in [3.63, 3.8) is 0 Å². The SMILES string of the molecule is O=C(COc1ccccc1)N[C@H]1C(=O)N2C(C(=O)O)=C(CO)CS[C@H]12. The number of aliphatic carboxylic acids is 1. The molecule has 132 valence electrons. The van der Waals surface area contributed by atoms with E-state index in [0.29, 0.717) is 17.1 Å². The lowest BCUT2D eigenvalue weighted by molar-refractivity contribution is -0.151. The van der Waals surface area contributed by atoms with Crippen molar-refractivity contribution in [2.24, 2.45) is 0 Å². The molecular weight excluding hydrogens is 348 g/mol. The summed E-state index contributed by atoms with van der Waals surface area (Å²) in [4.78, 5) is 36.7. The van der Waals surface area contributed by atoms with Gasteiger partial charge < -0.3 is 20.3 Å². The molecule has 0 unspecified atom stereocenters. The van der Waals surface area contributed by atoms with Crippen molar-refractivity contribution in [2.45, 2.75) is 11.4 Å². The molecule has 3 rings (SSSR count). The lowest BCUT2D eigenvalue weighted by atomic mass is 10.0. The van der Waals surface area contributed by atoms with Gasteiger partial charge in [-0.3, -0.25) is 14.5 Å². The number of amides is 2. The van der Waals surface area contributed by atoms with Crippen LogP contribution >= 0.6 is 11.8 Å². The van der Waals surface area contributed by atoms with Gasteiger partial charge in [-0.15, -0.1) is 11.8 Å². The number of benzene rings is 1. The number of para-hydroxylation sites is 1. The summed E-state index contributed by atoms with van der Waals surface area (Å²) in [6.45, 7) is -0.665. The van der Waals surface area contributed by atoms with Gasteiger partial charge in [0.1, 0.15) is 22.9 Å². The minimum absolute atomic E-state index is 0.192. The number of aliphatic hydroxyl groups is 1. The smallest absolute Gasteiger partial charge is 0.352 e. The summed E-state index contributed by atoms with van der Waals surface area (Å²) >= 11 is 1.30. The van der Waals surface area contributed by atoms with E-state index in [1.807, 2.05) is 6.07 Å². The van der Waals surface area contributed by atoms with Crippen LogP contribution in [0, 0.1) is 0 Å². The highest BCUT2D eigenvalue weighted by Crippen LogP contribution is 2.40. The van der Waals surface area contributed by atoms with Crippen LogP contribution in [0.3, 0.4) is 0 Å². The molecule has 2 heterocycles. The number of hydrogen-bond acceptors (Lipinski definition) is 6. The number of carboxylic acid groups (broad SMARTS) is 1. The maximum absolute atomic E-state index is 12.3. The van der Waals surface area contributed by atoms with Gasteiger partial charge in [0.15, 0.2) is 6.61 Å². The number of aliphatic hydroxyl groups excluding tert-OH is 1. The molecule has 1 aromatic carbocycles. The fourth-order valence-corrected chi connectivity index (χ4v) is 4.02. The third kappa shape index (κ3) is 3.33. The molecule has 0 bridgehead atoms. The van der Waals surface area contributed by atoms with Crippen molar-refractivity contribution in [2.75, 3.05) is 19.0 Å². The van der Waals surface area contributed by atoms with Crippen molar-refractivity contribution in [1.82, 2.24) is 10.2 Å². The number of hydrogen-bond donors (Lipinski definition) is 3. The molecule has 25 heavy (non-hydrogen) atoms. The molecule has 2 aliphatic rings. The lowest BCUT2D eigenvalue weighted by Gasteiger charge is -2.49. The van der Waals surface area contributed by atoms with E-state index in [1.54, 1.807) is 24.3 Å². The molecule has 1 fully saturated rings. The van der Waals surface area contributed by atoms with Crippen LogP contribution in [0.1, 0.15) is 0 Å². The van der Waals surface area contributed by atoms with Crippen molar-refractivity contribution >= 4 is 29.5 Å². The van der Waals surface area contributed by atoms with E-state index < -0.39 is 35.8 Å². The number of carboxylic acids is 1. The van der Waals surface area contributed by atoms with Gasteiger partial charge in [-0.2, -0.15) is 0 Å². The van der Waals surface area contributed by atoms with Crippen molar-refractivity contribution in [3.8, 4) is 5.75 Å². The molecular formula is C16H16N2O6S. The number of ether oxygens (including phenoxy) is 1. The molecule has 2 aliphatic heterocycles. The van der Waals surface area contributed by atoms with E-state index in [1.165, 1.54) is 11.8 Å².